The number of hydrazone groups is 1. The van der Waals surface area contributed by atoms with E-state index in [1.54, 1.807) is 0 Å². The minimum atomic E-state index is 0.928. The number of piperazine rings is 1. The summed E-state index contributed by atoms with van der Waals surface area (Å²) in [6.07, 6.45) is 4.23. The molecule has 1 fully saturated rings. The third-order valence-corrected chi connectivity index (χ3v) is 3.96. The van der Waals surface area contributed by atoms with Gasteiger partial charge in [0.05, 0.1) is 6.54 Å². The number of hydrogen-bond donors (Lipinski definition) is 0. The van der Waals surface area contributed by atoms with Gasteiger partial charge in [0.15, 0.2) is 0 Å². The average molecular weight is 346 g/mol. The summed E-state index contributed by atoms with van der Waals surface area (Å²) in [6, 6.07) is 0. The molecule has 0 aromatic carbocycles. The molecular weight excluding hydrogens is 327 g/mol. The molecule has 0 N–H and O–H groups in total. The van der Waals surface area contributed by atoms with Gasteiger partial charge in [-0.2, -0.15) is 5.10 Å². The van der Waals surface area contributed by atoms with Crippen molar-refractivity contribution in [2.75, 3.05) is 26.7 Å². The van der Waals surface area contributed by atoms with Gasteiger partial charge in [0, 0.05) is 43.0 Å². The Kier molecular flexibility index (Phi) is 4.09. The number of rotatable bonds is 3. The number of allylic oxidation sites excluding steroid dienone is 2. The van der Waals surface area contributed by atoms with E-state index in [4.69, 9.17) is 0 Å². The smallest absolute Gasteiger partial charge is 0.146 e. The van der Waals surface area contributed by atoms with Crippen LogP contribution in [0.1, 0.15) is 19.8 Å². The van der Waals surface area contributed by atoms with Gasteiger partial charge < -0.3 is 4.90 Å². The zero-order chi connectivity index (χ0) is 12.4. The normalized spacial score (nSPS) is 23.0. The average Bonchev–Trinajstić information content (AvgIpc) is 2.61. The number of fused-ring (bicyclic) bond motifs is 1. The number of amidine groups is 1. The molecule has 2 rings (SSSR count). The van der Waals surface area contributed by atoms with Crippen molar-refractivity contribution in [3.8, 4) is 0 Å². The molecule has 2 heterocycles. The summed E-state index contributed by atoms with van der Waals surface area (Å²) in [5.74, 6) is 2.36. The lowest BCUT2D eigenvalue weighted by atomic mass is 10.1. The Balaban J connectivity index is 2.08. The van der Waals surface area contributed by atoms with E-state index < -0.39 is 0 Å². The molecule has 94 valence electrons. The van der Waals surface area contributed by atoms with E-state index in [0.717, 1.165) is 38.3 Å². The van der Waals surface area contributed by atoms with Crippen LogP contribution in [0.3, 0.4) is 0 Å². The van der Waals surface area contributed by atoms with Crippen LogP contribution in [0, 0.1) is 0 Å². The van der Waals surface area contributed by atoms with Crippen molar-refractivity contribution in [2.24, 2.45) is 5.10 Å². The second-order valence-electron chi connectivity index (χ2n) is 4.41. The van der Waals surface area contributed by atoms with Gasteiger partial charge in [0.2, 0.25) is 0 Å². The van der Waals surface area contributed by atoms with Gasteiger partial charge in [-0.25, -0.2) is 3.11 Å². The molecule has 1 saturated heterocycles. The summed E-state index contributed by atoms with van der Waals surface area (Å²) in [4.78, 5) is 2.32. The van der Waals surface area contributed by atoms with E-state index in [1.165, 1.54) is 11.4 Å². The van der Waals surface area contributed by atoms with Gasteiger partial charge in [-0.1, -0.05) is 19.1 Å². The van der Waals surface area contributed by atoms with Gasteiger partial charge in [0.25, 0.3) is 0 Å². The minimum Gasteiger partial charge on any atom is -0.311 e. The van der Waals surface area contributed by atoms with Gasteiger partial charge >= 0.3 is 0 Å². The minimum absolute atomic E-state index is 0.928. The summed E-state index contributed by atoms with van der Waals surface area (Å²) in [5.41, 5.74) is 1.27. The highest BCUT2D eigenvalue weighted by atomic mass is 127. The summed E-state index contributed by atoms with van der Waals surface area (Å²) in [7, 11) is 2.02. The van der Waals surface area contributed by atoms with Crippen LogP contribution in [0.15, 0.2) is 29.2 Å². The molecule has 4 nitrogen and oxygen atoms in total. The first kappa shape index (κ1) is 12.9. The maximum atomic E-state index is 4.58. The molecule has 0 atom stereocenters. The largest absolute Gasteiger partial charge is 0.311 e. The molecule has 2 aliphatic heterocycles. The number of nitrogens with zero attached hydrogens (tertiary/aromatic N) is 4. The van der Waals surface area contributed by atoms with Gasteiger partial charge in [-0.3, -0.25) is 5.01 Å². The zero-order valence-corrected chi connectivity index (χ0v) is 12.6. The second kappa shape index (κ2) is 5.39. The van der Waals surface area contributed by atoms with Crippen molar-refractivity contribution >= 4 is 28.7 Å². The van der Waals surface area contributed by atoms with Crippen LogP contribution in [0.2, 0.25) is 0 Å². The van der Waals surface area contributed by atoms with Crippen LogP contribution < -0.4 is 0 Å². The maximum absolute atomic E-state index is 4.58. The van der Waals surface area contributed by atoms with Gasteiger partial charge in [-0.05, 0) is 18.9 Å². The summed E-state index contributed by atoms with van der Waals surface area (Å²) in [6.45, 7) is 9.23. The van der Waals surface area contributed by atoms with Crippen LogP contribution in [0.4, 0.5) is 0 Å². The zero-order valence-electron chi connectivity index (χ0n) is 10.5. The predicted octanol–water partition coefficient (Wildman–Crippen LogP) is 2.41. The fraction of sp³-hybridized carbons (Fsp3) is 0.583. The van der Waals surface area contributed by atoms with Crippen molar-refractivity contribution in [2.45, 2.75) is 19.8 Å². The maximum Gasteiger partial charge on any atom is 0.146 e. The molecule has 17 heavy (non-hydrogen) atoms. The highest BCUT2D eigenvalue weighted by molar-refractivity contribution is 14.1. The first-order valence-corrected chi connectivity index (χ1v) is 6.94. The highest BCUT2D eigenvalue weighted by Crippen LogP contribution is 2.24. The molecule has 0 aromatic rings. The Morgan fingerprint density at radius 2 is 2.29 bits per heavy atom. The Labute approximate surface area is 117 Å². The molecule has 5 heteroatoms. The molecule has 0 unspecified atom stereocenters. The molecule has 0 bridgehead atoms. The van der Waals surface area contributed by atoms with Crippen LogP contribution in [-0.4, -0.2) is 45.5 Å². The molecule has 2 aliphatic rings. The Morgan fingerprint density at radius 1 is 1.53 bits per heavy atom. The van der Waals surface area contributed by atoms with Crippen molar-refractivity contribution < 1.29 is 0 Å². The third-order valence-electron chi connectivity index (χ3n) is 3.14. The molecule has 0 saturated carbocycles. The Morgan fingerprint density at radius 3 is 3.00 bits per heavy atom. The standard InChI is InChI=1S/C12H19IN4/c1-4-10(2)5-6-12-15(3)14-11-9-16(13)7-8-17(11)12/h6H,2,4-5,7-9H2,1,3H3/b12-6+. The number of hydrogen-bond acceptors (Lipinski definition) is 4. The quantitative estimate of drug-likeness (QED) is 0.445. The summed E-state index contributed by atoms with van der Waals surface area (Å²) >= 11 is 2.36. The lowest BCUT2D eigenvalue weighted by molar-refractivity contribution is 0.339. The van der Waals surface area contributed by atoms with Crippen LogP contribution in [0.25, 0.3) is 0 Å². The van der Waals surface area contributed by atoms with Crippen molar-refractivity contribution in [1.82, 2.24) is 13.0 Å². The SMILES string of the molecule is C=C(CC)C/C=C1\N(C)N=C2CN(I)CCN21. The number of halogens is 1. The van der Waals surface area contributed by atoms with Crippen molar-refractivity contribution in [3.63, 3.8) is 0 Å². The molecule has 0 radical (unpaired) electrons. The highest BCUT2D eigenvalue weighted by Gasteiger charge is 2.30. The van der Waals surface area contributed by atoms with Crippen LogP contribution in [-0.2, 0) is 0 Å². The Hall–Kier alpha value is -0.560. The van der Waals surface area contributed by atoms with Crippen LogP contribution >= 0.6 is 22.9 Å². The van der Waals surface area contributed by atoms with E-state index in [-0.39, 0.29) is 0 Å². The molecule has 0 aliphatic carbocycles. The lowest BCUT2D eigenvalue weighted by Gasteiger charge is -2.30. The first-order valence-electron chi connectivity index (χ1n) is 5.98. The Bertz CT molecular complexity index is 375. The van der Waals surface area contributed by atoms with Gasteiger partial charge in [-0.15, -0.1) is 0 Å². The lowest BCUT2D eigenvalue weighted by Crippen LogP contribution is -2.44. The molecule has 0 amide bonds. The van der Waals surface area contributed by atoms with Crippen molar-refractivity contribution in [3.05, 3.63) is 24.0 Å². The monoisotopic (exact) mass is 346 g/mol. The van der Waals surface area contributed by atoms with E-state index in [0.29, 0.717) is 0 Å². The van der Waals surface area contributed by atoms with Crippen molar-refractivity contribution in [1.29, 1.82) is 0 Å². The van der Waals surface area contributed by atoms with E-state index >= 15 is 0 Å². The summed E-state index contributed by atoms with van der Waals surface area (Å²) < 4.78 is 2.27. The van der Waals surface area contributed by atoms with E-state index in [9.17, 15) is 0 Å². The first-order chi connectivity index (χ1) is 8.11. The van der Waals surface area contributed by atoms with Crippen LogP contribution in [0.5, 0.6) is 0 Å². The topological polar surface area (TPSA) is 22.1 Å². The molecule has 0 aromatic heterocycles. The second-order valence-corrected chi connectivity index (χ2v) is 5.77. The van der Waals surface area contributed by atoms with Gasteiger partial charge in [0.1, 0.15) is 11.7 Å². The molecular formula is C12H19IN4. The predicted molar refractivity (Wildman–Crippen MR) is 79.6 cm³/mol. The fourth-order valence-electron chi connectivity index (χ4n) is 2.01. The fourth-order valence-corrected chi connectivity index (χ4v) is 2.53. The molecule has 0 spiro atoms. The summed E-state index contributed by atoms with van der Waals surface area (Å²) in [5, 5.41) is 6.56. The third kappa shape index (κ3) is 2.82. The van der Waals surface area contributed by atoms with E-state index in [2.05, 4.69) is 55.6 Å². The van der Waals surface area contributed by atoms with E-state index in [1.807, 2.05) is 12.1 Å².